The molecule has 2 N–H and O–H groups in total. The van der Waals surface area contributed by atoms with Crippen LogP contribution in [0, 0.1) is 0 Å². The number of nitrogens with zero attached hydrogens (tertiary/aromatic N) is 3. The van der Waals surface area contributed by atoms with Crippen molar-refractivity contribution in [2.45, 2.75) is 52.4 Å². The van der Waals surface area contributed by atoms with Gasteiger partial charge in [-0.25, -0.2) is 9.97 Å². The van der Waals surface area contributed by atoms with Gasteiger partial charge in [-0.2, -0.15) is 0 Å². The number of rotatable bonds is 5. The largest absolute Gasteiger partial charge is 0.504 e. The molecular weight excluding hydrogens is 354 g/mol. The van der Waals surface area contributed by atoms with Crippen LogP contribution in [0.1, 0.15) is 58.8 Å². The van der Waals surface area contributed by atoms with E-state index < -0.39 is 0 Å². The topological polar surface area (TPSA) is 87.8 Å². The fourth-order valence-electron chi connectivity index (χ4n) is 2.55. The van der Waals surface area contributed by atoms with E-state index in [1.807, 2.05) is 71.9 Å². The molecule has 1 aromatic carbocycles. The lowest BCUT2D eigenvalue weighted by atomic mass is 9.85. The molecule has 0 aliphatic carbocycles. The monoisotopic (exact) mass is 383 g/mol. The first-order valence-corrected chi connectivity index (χ1v) is 9.21. The molecule has 0 atom stereocenters. The van der Waals surface area contributed by atoms with Gasteiger partial charge in [0.15, 0.2) is 11.6 Å². The van der Waals surface area contributed by atoms with Gasteiger partial charge >= 0.3 is 0 Å². The van der Waals surface area contributed by atoms with Crippen LogP contribution >= 0.6 is 0 Å². The average molecular weight is 383 g/mol. The summed E-state index contributed by atoms with van der Waals surface area (Å²) in [5, 5.41) is 23.2. The summed E-state index contributed by atoms with van der Waals surface area (Å²) < 4.78 is 5.60. The third-order valence-electron chi connectivity index (χ3n) is 4.01. The van der Waals surface area contributed by atoms with Gasteiger partial charge in [-0.05, 0) is 24.3 Å². The maximum absolute atomic E-state index is 10.7. The second-order valence-corrected chi connectivity index (χ2v) is 8.65. The molecule has 0 bridgehead atoms. The molecule has 28 heavy (non-hydrogen) atoms. The number of benzene rings is 1. The predicted molar refractivity (Wildman–Crippen MR) is 111 cm³/mol. The van der Waals surface area contributed by atoms with Gasteiger partial charge in [0.25, 0.3) is 0 Å². The van der Waals surface area contributed by atoms with Crippen molar-refractivity contribution in [2.24, 2.45) is 5.16 Å². The number of hydrogen-bond donors (Lipinski definition) is 2. The molecule has 2 rings (SSSR count). The molecular formula is C22H29N3O3. The molecule has 150 valence electrons. The van der Waals surface area contributed by atoms with Gasteiger partial charge in [0.05, 0.1) is 11.4 Å². The molecule has 2 aromatic rings. The van der Waals surface area contributed by atoms with E-state index in [2.05, 4.69) is 15.1 Å². The Hall–Kier alpha value is -2.89. The molecule has 0 radical (unpaired) electrons. The van der Waals surface area contributed by atoms with E-state index in [9.17, 15) is 10.3 Å². The highest BCUT2D eigenvalue weighted by atomic mass is 16.5. The van der Waals surface area contributed by atoms with Crippen molar-refractivity contribution in [3.05, 3.63) is 53.6 Å². The Morgan fingerprint density at radius 3 is 2.00 bits per heavy atom. The third-order valence-corrected chi connectivity index (χ3v) is 4.01. The van der Waals surface area contributed by atoms with Gasteiger partial charge in [0, 0.05) is 10.8 Å². The Kier molecular flexibility index (Phi) is 6.44. The maximum Gasteiger partial charge on any atom is 0.159 e. The average Bonchev–Trinajstić information content (AvgIpc) is 2.61. The normalized spacial score (nSPS) is 13.1. The van der Waals surface area contributed by atoms with E-state index in [4.69, 9.17) is 4.74 Å². The summed E-state index contributed by atoms with van der Waals surface area (Å²) in [5.74, 6) is 1.25. The number of para-hydroxylation sites is 1. The number of aromatic nitrogens is 2. The predicted octanol–water partition coefficient (Wildman–Crippen LogP) is 4.70. The van der Waals surface area contributed by atoms with Crippen LogP contribution in [0.2, 0.25) is 0 Å². The molecule has 0 amide bonds. The van der Waals surface area contributed by atoms with Crippen LogP contribution in [0.4, 0.5) is 0 Å². The molecule has 0 fully saturated rings. The summed E-state index contributed by atoms with van der Waals surface area (Å²) in [7, 11) is 0. The van der Waals surface area contributed by atoms with Crippen molar-refractivity contribution >= 4 is 11.8 Å². The van der Waals surface area contributed by atoms with E-state index in [0.29, 0.717) is 28.7 Å². The fraction of sp³-hybridized carbons (Fsp3) is 0.409. The maximum atomic E-state index is 10.7. The second-order valence-electron chi connectivity index (χ2n) is 8.65. The number of aromatic hydroxyl groups is 1. The van der Waals surface area contributed by atoms with Crippen molar-refractivity contribution in [1.29, 1.82) is 0 Å². The van der Waals surface area contributed by atoms with Crippen molar-refractivity contribution in [3.8, 4) is 11.5 Å². The first-order chi connectivity index (χ1) is 13.0. The zero-order valence-corrected chi connectivity index (χ0v) is 17.4. The zero-order valence-electron chi connectivity index (χ0n) is 17.4. The van der Waals surface area contributed by atoms with Crippen molar-refractivity contribution < 1.29 is 15.1 Å². The lowest BCUT2D eigenvalue weighted by molar-refractivity contribution is 0.308. The molecule has 6 heteroatoms. The molecule has 0 saturated heterocycles. The Bertz CT molecular complexity index is 826. The van der Waals surface area contributed by atoms with Gasteiger partial charge < -0.3 is 15.1 Å². The van der Waals surface area contributed by atoms with Crippen LogP contribution < -0.4 is 4.74 Å². The van der Waals surface area contributed by atoms with Crippen molar-refractivity contribution in [1.82, 2.24) is 9.97 Å². The Morgan fingerprint density at radius 2 is 1.54 bits per heavy atom. The van der Waals surface area contributed by atoms with Crippen LogP contribution in [0.5, 0.6) is 11.5 Å². The lowest BCUT2D eigenvalue weighted by Crippen LogP contribution is -2.21. The van der Waals surface area contributed by atoms with Gasteiger partial charge in [-0.3, -0.25) is 0 Å². The minimum absolute atomic E-state index is 0.105. The molecule has 0 saturated carbocycles. The quantitative estimate of drug-likeness (QED) is 0.444. The molecule has 0 aliphatic heterocycles. The molecule has 0 aliphatic rings. The van der Waals surface area contributed by atoms with E-state index in [-0.39, 0.29) is 23.2 Å². The summed E-state index contributed by atoms with van der Waals surface area (Å²) in [6.07, 6.45) is 3.27. The number of hydrogen-bond acceptors (Lipinski definition) is 6. The van der Waals surface area contributed by atoms with Crippen molar-refractivity contribution in [2.75, 3.05) is 6.61 Å². The SMILES string of the molecule is CC(C)(C)c1nc(/C=C/C(COc2ccccc2)=N/O)nc(C(C)(C)C)c1O. The summed E-state index contributed by atoms with van der Waals surface area (Å²) in [6, 6.07) is 9.29. The van der Waals surface area contributed by atoms with E-state index in [1.54, 1.807) is 12.2 Å². The lowest BCUT2D eigenvalue weighted by Gasteiger charge is -2.25. The van der Waals surface area contributed by atoms with E-state index >= 15 is 0 Å². The second kappa shape index (κ2) is 8.42. The van der Waals surface area contributed by atoms with Gasteiger partial charge in [-0.1, -0.05) is 64.9 Å². The van der Waals surface area contributed by atoms with E-state index in [0.717, 1.165) is 0 Å². The molecule has 0 unspecified atom stereocenters. The first-order valence-electron chi connectivity index (χ1n) is 9.21. The van der Waals surface area contributed by atoms with E-state index in [1.165, 1.54) is 0 Å². The zero-order chi connectivity index (χ0) is 20.9. The summed E-state index contributed by atoms with van der Waals surface area (Å²) in [6.45, 7) is 12.0. The summed E-state index contributed by atoms with van der Waals surface area (Å²) in [5.41, 5.74) is 0.792. The highest BCUT2D eigenvalue weighted by molar-refractivity contribution is 5.98. The highest BCUT2D eigenvalue weighted by Gasteiger charge is 2.28. The smallest absolute Gasteiger partial charge is 0.159 e. The van der Waals surface area contributed by atoms with Crippen LogP contribution in [0.15, 0.2) is 41.6 Å². The summed E-state index contributed by atoms with van der Waals surface area (Å²) in [4.78, 5) is 9.03. The first kappa shape index (κ1) is 21.4. The van der Waals surface area contributed by atoms with Crippen LogP contribution in [-0.4, -0.2) is 32.6 Å². The molecule has 1 aromatic heterocycles. The molecule has 1 heterocycles. The highest BCUT2D eigenvalue weighted by Crippen LogP contribution is 2.36. The number of ether oxygens (including phenoxy) is 1. The summed E-state index contributed by atoms with van der Waals surface area (Å²) >= 11 is 0. The Balaban J connectivity index is 2.30. The minimum Gasteiger partial charge on any atom is -0.504 e. The van der Waals surface area contributed by atoms with Gasteiger partial charge in [0.1, 0.15) is 18.1 Å². The molecule has 0 spiro atoms. The van der Waals surface area contributed by atoms with Crippen LogP contribution in [0.3, 0.4) is 0 Å². The van der Waals surface area contributed by atoms with Crippen molar-refractivity contribution in [3.63, 3.8) is 0 Å². The third kappa shape index (κ3) is 5.55. The minimum atomic E-state index is -0.347. The van der Waals surface area contributed by atoms with Crippen LogP contribution in [-0.2, 0) is 10.8 Å². The standard InChI is InChI=1S/C22H29N3O3/c1-21(2,3)19-18(26)20(22(4,5)6)24-17(23-19)13-12-15(25-27)14-28-16-10-8-7-9-11-16/h7-13,26-27H,14H2,1-6H3/b13-12+,25-15-. The fourth-order valence-corrected chi connectivity index (χ4v) is 2.55. The van der Waals surface area contributed by atoms with Gasteiger partial charge in [0.2, 0.25) is 0 Å². The number of oxime groups is 1. The molecule has 6 nitrogen and oxygen atoms in total. The van der Waals surface area contributed by atoms with Gasteiger partial charge in [-0.15, -0.1) is 0 Å². The Labute approximate surface area is 166 Å². The van der Waals surface area contributed by atoms with Crippen LogP contribution in [0.25, 0.3) is 6.08 Å². The Morgan fingerprint density at radius 1 is 1.00 bits per heavy atom.